The van der Waals surface area contributed by atoms with Gasteiger partial charge >= 0.3 is 0 Å². The first-order chi connectivity index (χ1) is 7.16. The Labute approximate surface area is 94.0 Å². The van der Waals surface area contributed by atoms with Gasteiger partial charge in [0.15, 0.2) is 0 Å². The van der Waals surface area contributed by atoms with E-state index in [-0.39, 0.29) is 5.48 Å². The molecule has 0 heterocycles. The Morgan fingerprint density at radius 2 is 1.19 bits per heavy atom. The first-order valence-corrected chi connectivity index (χ1v) is 4.68. The standard InChI is InChI=1S/C12H13N3.H2O/c13-10-4-1-8(2-5-10)9-3-6-11(14)12(15)7-9;/h1-7H,13-15H2;1H2. The van der Waals surface area contributed by atoms with Crippen molar-refractivity contribution < 1.29 is 5.48 Å². The van der Waals surface area contributed by atoms with Crippen LogP contribution in [-0.2, 0) is 0 Å². The Balaban J connectivity index is 0.00000128. The van der Waals surface area contributed by atoms with Gasteiger partial charge in [-0.2, -0.15) is 0 Å². The Morgan fingerprint density at radius 3 is 1.75 bits per heavy atom. The number of rotatable bonds is 1. The fourth-order valence-corrected chi connectivity index (χ4v) is 1.43. The Hall–Kier alpha value is -2.20. The maximum Gasteiger partial charge on any atom is 0.0554 e. The van der Waals surface area contributed by atoms with Gasteiger partial charge in [0.25, 0.3) is 0 Å². The van der Waals surface area contributed by atoms with Gasteiger partial charge in [0.2, 0.25) is 0 Å². The largest absolute Gasteiger partial charge is 0.412 e. The van der Waals surface area contributed by atoms with Gasteiger partial charge in [0.05, 0.1) is 11.4 Å². The molecule has 0 spiro atoms. The van der Waals surface area contributed by atoms with E-state index in [0.29, 0.717) is 11.4 Å². The zero-order valence-corrected chi connectivity index (χ0v) is 8.77. The topological polar surface area (TPSA) is 110 Å². The third-order valence-corrected chi connectivity index (χ3v) is 2.33. The molecule has 0 atom stereocenters. The second kappa shape index (κ2) is 4.55. The molecular weight excluding hydrogens is 202 g/mol. The van der Waals surface area contributed by atoms with Crippen LogP contribution < -0.4 is 17.2 Å². The van der Waals surface area contributed by atoms with Crippen LogP contribution in [0.15, 0.2) is 42.5 Å². The van der Waals surface area contributed by atoms with E-state index in [2.05, 4.69) is 0 Å². The van der Waals surface area contributed by atoms with E-state index < -0.39 is 0 Å². The summed E-state index contributed by atoms with van der Waals surface area (Å²) < 4.78 is 0. The highest BCUT2D eigenvalue weighted by atomic mass is 16.0. The van der Waals surface area contributed by atoms with Crippen molar-refractivity contribution in [1.82, 2.24) is 0 Å². The molecule has 0 aliphatic rings. The fourth-order valence-electron chi connectivity index (χ4n) is 1.43. The smallest absolute Gasteiger partial charge is 0.0554 e. The van der Waals surface area contributed by atoms with Gasteiger partial charge < -0.3 is 22.7 Å². The summed E-state index contributed by atoms with van der Waals surface area (Å²) in [5, 5.41) is 0. The fraction of sp³-hybridized carbons (Fsp3) is 0. The average molecular weight is 217 g/mol. The molecule has 2 aromatic carbocycles. The van der Waals surface area contributed by atoms with E-state index in [1.807, 2.05) is 36.4 Å². The van der Waals surface area contributed by atoms with E-state index in [1.54, 1.807) is 6.07 Å². The van der Waals surface area contributed by atoms with Crippen molar-refractivity contribution >= 4 is 17.1 Å². The normalized spacial score (nSPS) is 9.50. The lowest BCUT2D eigenvalue weighted by Crippen LogP contribution is -1.94. The summed E-state index contributed by atoms with van der Waals surface area (Å²) in [6, 6.07) is 13.3. The first kappa shape index (κ1) is 11.9. The zero-order valence-electron chi connectivity index (χ0n) is 8.77. The van der Waals surface area contributed by atoms with Crippen LogP contribution in [0.25, 0.3) is 11.1 Å². The number of hydrogen-bond acceptors (Lipinski definition) is 3. The van der Waals surface area contributed by atoms with Crippen molar-refractivity contribution in [2.75, 3.05) is 17.2 Å². The monoisotopic (exact) mass is 217 g/mol. The summed E-state index contributed by atoms with van der Waals surface area (Å²) in [6.45, 7) is 0. The maximum atomic E-state index is 5.74. The Kier molecular flexibility index (Phi) is 3.37. The van der Waals surface area contributed by atoms with Crippen LogP contribution >= 0.6 is 0 Å². The lowest BCUT2D eigenvalue weighted by Gasteiger charge is -2.05. The third-order valence-electron chi connectivity index (χ3n) is 2.33. The van der Waals surface area contributed by atoms with Crippen LogP contribution in [0.3, 0.4) is 0 Å². The predicted molar refractivity (Wildman–Crippen MR) is 68.7 cm³/mol. The van der Waals surface area contributed by atoms with E-state index in [1.165, 1.54) is 0 Å². The van der Waals surface area contributed by atoms with Crippen LogP contribution in [0.1, 0.15) is 0 Å². The molecule has 0 bridgehead atoms. The minimum absolute atomic E-state index is 0. The van der Waals surface area contributed by atoms with Crippen LogP contribution in [0.4, 0.5) is 17.1 Å². The average Bonchev–Trinajstić information content (AvgIpc) is 2.23. The molecular formula is C12H15N3O. The molecule has 0 aliphatic carbocycles. The molecule has 0 amide bonds. The predicted octanol–water partition coefficient (Wildman–Crippen LogP) is 1.28. The first-order valence-electron chi connectivity index (χ1n) is 4.68. The SMILES string of the molecule is Nc1ccc(-c2ccc(N)c(N)c2)cc1.O. The molecule has 8 N–H and O–H groups in total. The highest BCUT2D eigenvalue weighted by Gasteiger charge is 1.99. The minimum atomic E-state index is 0. The Bertz CT molecular complexity index is 480. The van der Waals surface area contributed by atoms with E-state index in [4.69, 9.17) is 17.2 Å². The van der Waals surface area contributed by atoms with Crippen molar-refractivity contribution in [2.24, 2.45) is 0 Å². The summed E-state index contributed by atoms with van der Waals surface area (Å²) in [5.74, 6) is 0. The summed E-state index contributed by atoms with van der Waals surface area (Å²) in [7, 11) is 0. The molecule has 0 saturated carbocycles. The number of benzene rings is 2. The van der Waals surface area contributed by atoms with Crippen molar-refractivity contribution in [3.63, 3.8) is 0 Å². The number of nitrogen functional groups attached to an aromatic ring is 3. The molecule has 0 saturated heterocycles. The molecule has 0 aliphatic heterocycles. The van der Waals surface area contributed by atoms with Crippen LogP contribution in [-0.4, -0.2) is 5.48 Å². The van der Waals surface area contributed by atoms with Crippen LogP contribution in [0.2, 0.25) is 0 Å². The van der Waals surface area contributed by atoms with Crippen molar-refractivity contribution in [3.8, 4) is 11.1 Å². The van der Waals surface area contributed by atoms with Gasteiger partial charge in [-0.15, -0.1) is 0 Å². The van der Waals surface area contributed by atoms with E-state index in [0.717, 1.165) is 16.8 Å². The number of hydrogen-bond donors (Lipinski definition) is 3. The van der Waals surface area contributed by atoms with E-state index in [9.17, 15) is 0 Å². The summed E-state index contributed by atoms with van der Waals surface area (Å²) in [5.41, 5.74) is 21.1. The summed E-state index contributed by atoms with van der Waals surface area (Å²) in [6.07, 6.45) is 0. The van der Waals surface area contributed by atoms with Gasteiger partial charge in [-0.1, -0.05) is 18.2 Å². The molecule has 2 rings (SSSR count). The molecule has 0 radical (unpaired) electrons. The zero-order chi connectivity index (χ0) is 10.8. The van der Waals surface area contributed by atoms with Crippen molar-refractivity contribution in [3.05, 3.63) is 42.5 Å². The van der Waals surface area contributed by atoms with Crippen LogP contribution in [0, 0.1) is 0 Å². The number of nitrogens with two attached hydrogens (primary N) is 3. The van der Waals surface area contributed by atoms with Crippen molar-refractivity contribution in [1.29, 1.82) is 0 Å². The highest BCUT2D eigenvalue weighted by molar-refractivity contribution is 5.75. The lowest BCUT2D eigenvalue weighted by molar-refractivity contribution is 0.824. The second-order valence-corrected chi connectivity index (χ2v) is 3.47. The molecule has 0 unspecified atom stereocenters. The second-order valence-electron chi connectivity index (χ2n) is 3.47. The van der Waals surface area contributed by atoms with Crippen LogP contribution in [0.5, 0.6) is 0 Å². The van der Waals surface area contributed by atoms with Gasteiger partial charge in [0, 0.05) is 5.69 Å². The number of anilines is 3. The summed E-state index contributed by atoms with van der Waals surface area (Å²) >= 11 is 0. The van der Waals surface area contributed by atoms with Crippen molar-refractivity contribution in [2.45, 2.75) is 0 Å². The van der Waals surface area contributed by atoms with Gasteiger partial charge in [-0.3, -0.25) is 0 Å². The van der Waals surface area contributed by atoms with Gasteiger partial charge in [-0.05, 0) is 35.4 Å². The summed E-state index contributed by atoms with van der Waals surface area (Å²) in [4.78, 5) is 0. The lowest BCUT2D eigenvalue weighted by atomic mass is 10.0. The van der Waals surface area contributed by atoms with Gasteiger partial charge in [0.1, 0.15) is 0 Å². The minimum Gasteiger partial charge on any atom is -0.412 e. The van der Waals surface area contributed by atoms with Gasteiger partial charge in [-0.25, -0.2) is 0 Å². The third kappa shape index (κ3) is 2.24. The molecule has 4 nitrogen and oxygen atoms in total. The molecule has 84 valence electrons. The molecule has 2 aromatic rings. The highest BCUT2D eigenvalue weighted by Crippen LogP contribution is 2.25. The molecule has 16 heavy (non-hydrogen) atoms. The Morgan fingerprint density at radius 1 is 0.625 bits per heavy atom. The maximum absolute atomic E-state index is 5.74. The molecule has 0 aromatic heterocycles. The quantitative estimate of drug-likeness (QED) is 0.625. The molecule has 0 fully saturated rings. The van der Waals surface area contributed by atoms with E-state index >= 15 is 0 Å². The molecule has 4 heteroatoms.